The second-order valence-corrected chi connectivity index (χ2v) is 5.37. The molecular weight excluding hydrogens is 245 g/mol. The van der Waals surface area contributed by atoms with Gasteiger partial charge in [0, 0.05) is 11.7 Å². The minimum atomic E-state index is -1.11. The lowest BCUT2D eigenvalue weighted by Gasteiger charge is -2.17. The third-order valence-electron chi connectivity index (χ3n) is 3.03. The second-order valence-electron chi connectivity index (χ2n) is 5.37. The third-order valence-corrected chi connectivity index (χ3v) is 3.03. The van der Waals surface area contributed by atoms with Crippen molar-refractivity contribution in [3.05, 3.63) is 29.6 Å². The number of anilines is 1. The maximum absolute atomic E-state index is 13.0. The summed E-state index contributed by atoms with van der Waals surface area (Å²) < 4.78 is 13.0. The summed E-state index contributed by atoms with van der Waals surface area (Å²) in [6, 6.07) is 3.97. The van der Waals surface area contributed by atoms with Crippen molar-refractivity contribution in [2.24, 2.45) is 5.92 Å². The Morgan fingerprint density at radius 2 is 2.00 bits per heavy atom. The molecule has 0 aromatic heterocycles. The van der Waals surface area contributed by atoms with E-state index >= 15 is 0 Å². The molecule has 0 aliphatic rings. The fourth-order valence-electron chi connectivity index (χ4n) is 1.99. The van der Waals surface area contributed by atoms with E-state index in [9.17, 15) is 9.18 Å². The van der Waals surface area contributed by atoms with E-state index in [-0.39, 0.29) is 11.6 Å². The van der Waals surface area contributed by atoms with Crippen LogP contribution in [0, 0.1) is 11.7 Å². The van der Waals surface area contributed by atoms with E-state index in [1.54, 1.807) is 0 Å². The molecule has 0 radical (unpaired) electrons. The molecule has 0 aliphatic heterocycles. The van der Waals surface area contributed by atoms with Crippen molar-refractivity contribution in [1.29, 1.82) is 0 Å². The Balaban J connectivity index is 2.63. The number of nitrogens with one attached hydrogen (secondary N) is 1. The smallest absolute Gasteiger partial charge is 0.337 e. The van der Waals surface area contributed by atoms with Crippen LogP contribution < -0.4 is 5.32 Å². The van der Waals surface area contributed by atoms with E-state index in [2.05, 4.69) is 19.2 Å². The van der Waals surface area contributed by atoms with E-state index in [4.69, 9.17) is 5.11 Å². The van der Waals surface area contributed by atoms with Crippen LogP contribution in [0.5, 0.6) is 0 Å². The Bertz CT molecular complexity index is 432. The van der Waals surface area contributed by atoms with Crippen molar-refractivity contribution in [2.75, 3.05) is 5.32 Å². The zero-order valence-corrected chi connectivity index (χ0v) is 11.7. The molecular formula is C15H22FNO2. The van der Waals surface area contributed by atoms with E-state index in [0.29, 0.717) is 11.6 Å². The molecule has 1 aromatic carbocycles. The maximum atomic E-state index is 13.0. The number of carboxylic acids is 1. The molecule has 4 heteroatoms. The van der Waals surface area contributed by atoms with Gasteiger partial charge in [-0.2, -0.15) is 0 Å². The van der Waals surface area contributed by atoms with Crippen LogP contribution >= 0.6 is 0 Å². The van der Waals surface area contributed by atoms with Gasteiger partial charge in [-0.3, -0.25) is 0 Å². The lowest BCUT2D eigenvalue weighted by molar-refractivity contribution is 0.0697. The Labute approximate surface area is 113 Å². The molecule has 0 amide bonds. The lowest BCUT2D eigenvalue weighted by Crippen LogP contribution is -2.17. The molecule has 0 spiro atoms. The Morgan fingerprint density at radius 3 is 2.58 bits per heavy atom. The molecule has 0 fully saturated rings. The molecule has 3 nitrogen and oxygen atoms in total. The first-order valence-electron chi connectivity index (χ1n) is 6.69. The van der Waals surface area contributed by atoms with Crippen molar-refractivity contribution < 1.29 is 14.3 Å². The first kappa shape index (κ1) is 15.5. The van der Waals surface area contributed by atoms with Gasteiger partial charge in [-0.05, 0) is 37.5 Å². The molecule has 1 unspecified atom stereocenters. The molecule has 0 saturated heterocycles. The van der Waals surface area contributed by atoms with Gasteiger partial charge >= 0.3 is 5.97 Å². The van der Waals surface area contributed by atoms with E-state index in [0.717, 1.165) is 25.3 Å². The third kappa shape index (κ3) is 5.28. The van der Waals surface area contributed by atoms with Gasteiger partial charge in [-0.1, -0.05) is 26.7 Å². The van der Waals surface area contributed by atoms with Gasteiger partial charge in [0.25, 0.3) is 0 Å². The van der Waals surface area contributed by atoms with Crippen LogP contribution in [0.4, 0.5) is 10.1 Å². The average Bonchev–Trinajstić information content (AvgIpc) is 2.30. The van der Waals surface area contributed by atoms with E-state index in [1.165, 1.54) is 12.1 Å². The summed E-state index contributed by atoms with van der Waals surface area (Å²) in [7, 11) is 0. The zero-order valence-electron chi connectivity index (χ0n) is 11.7. The number of hydrogen-bond donors (Lipinski definition) is 2. The van der Waals surface area contributed by atoms with Gasteiger partial charge in [0.15, 0.2) is 0 Å². The Kier molecular flexibility index (Phi) is 5.80. The van der Waals surface area contributed by atoms with Gasteiger partial charge in [0.05, 0.1) is 5.56 Å². The summed E-state index contributed by atoms with van der Waals surface area (Å²) in [6.07, 6.45) is 3.21. The molecule has 0 heterocycles. The first-order chi connectivity index (χ1) is 8.90. The van der Waals surface area contributed by atoms with Crippen molar-refractivity contribution >= 4 is 11.7 Å². The van der Waals surface area contributed by atoms with Crippen molar-refractivity contribution in [3.8, 4) is 0 Å². The highest BCUT2D eigenvalue weighted by Crippen LogP contribution is 2.19. The van der Waals surface area contributed by atoms with Crippen LogP contribution in [0.25, 0.3) is 0 Å². The summed E-state index contributed by atoms with van der Waals surface area (Å²) in [5, 5.41) is 12.2. The van der Waals surface area contributed by atoms with E-state index < -0.39 is 11.8 Å². The predicted octanol–water partition coefficient (Wildman–Crippen LogP) is 4.15. The SMILES string of the molecule is CC(C)CCCC(C)Nc1ccc(F)cc1C(=O)O. The number of aromatic carboxylic acids is 1. The van der Waals surface area contributed by atoms with Crippen LogP contribution in [0.1, 0.15) is 50.4 Å². The summed E-state index contributed by atoms with van der Waals surface area (Å²) >= 11 is 0. The van der Waals surface area contributed by atoms with Crippen LogP contribution in [-0.4, -0.2) is 17.1 Å². The summed E-state index contributed by atoms with van der Waals surface area (Å²) in [5.41, 5.74) is 0.460. The molecule has 0 bridgehead atoms. The number of benzene rings is 1. The standard InChI is InChI=1S/C15H22FNO2/c1-10(2)5-4-6-11(3)17-14-8-7-12(16)9-13(14)15(18)19/h7-11,17H,4-6H2,1-3H3,(H,18,19). The number of halogens is 1. The van der Waals surface area contributed by atoms with Gasteiger partial charge in [-0.15, -0.1) is 0 Å². The van der Waals surface area contributed by atoms with Crippen molar-refractivity contribution in [3.63, 3.8) is 0 Å². The number of hydrogen-bond acceptors (Lipinski definition) is 2. The highest BCUT2D eigenvalue weighted by molar-refractivity contribution is 5.94. The minimum Gasteiger partial charge on any atom is -0.478 e. The van der Waals surface area contributed by atoms with E-state index in [1.807, 2.05) is 6.92 Å². The summed E-state index contributed by atoms with van der Waals surface area (Å²) in [5.74, 6) is -0.973. The molecule has 106 valence electrons. The first-order valence-corrected chi connectivity index (χ1v) is 6.69. The normalized spacial score (nSPS) is 12.5. The second kappa shape index (κ2) is 7.12. The van der Waals surface area contributed by atoms with Crippen molar-refractivity contribution in [2.45, 2.75) is 46.1 Å². The minimum absolute atomic E-state index is 0.0179. The molecule has 19 heavy (non-hydrogen) atoms. The largest absolute Gasteiger partial charge is 0.478 e. The molecule has 0 saturated carbocycles. The fourth-order valence-corrected chi connectivity index (χ4v) is 1.99. The lowest BCUT2D eigenvalue weighted by atomic mass is 10.0. The molecule has 1 aromatic rings. The Morgan fingerprint density at radius 1 is 1.32 bits per heavy atom. The van der Waals surface area contributed by atoms with Gasteiger partial charge in [-0.25, -0.2) is 9.18 Å². The number of carboxylic acid groups (broad SMARTS) is 1. The molecule has 1 rings (SSSR count). The highest BCUT2D eigenvalue weighted by atomic mass is 19.1. The topological polar surface area (TPSA) is 49.3 Å². The highest BCUT2D eigenvalue weighted by Gasteiger charge is 2.13. The van der Waals surface area contributed by atoms with Crippen LogP contribution in [0.15, 0.2) is 18.2 Å². The fraction of sp³-hybridized carbons (Fsp3) is 0.533. The van der Waals surface area contributed by atoms with Gasteiger partial charge in [0.1, 0.15) is 5.82 Å². The monoisotopic (exact) mass is 267 g/mol. The molecule has 1 atom stereocenters. The van der Waals surface area contributed by atoms with Crippen LogP contribution in [-0.2, 0) is 0 Å². The van der Waals surface area contributed by atoms with Gasteiger partial charge in [0.2, 0.25) is 0 Å². The maximum Gasteiger partial charge on any atom is 0.337 e. The van der Waals surface area contributed by atoms with Gasteiger partial charge < -0.3 is 10.4 Å². The quantitative estimate of drug-likeness (QED) is 0.780. The average molecular weight is 267 g/mol. The van der Waals surface area contributed by atoms with Crippen LogP contribution in [0.2, 0.25) is 0 Å². The summed E-state index contributed by atoms with van der Waals surface area (Å²) in [6.45, 7) is 6.37. The van der Waals surface area contributed by atoms with Crippen molar-refractivity contribution in [1.82, 2.24) is 0 Å². The predicted molar refractivity (Wildman–Crippen MR) is 75.1 cm³/mol. The zero-order chi connectivity index (χ0) is 14.4. The molecule has 2 N–H and O–H groups in total. The number of carbonyl (C=O) groups is 1. The molecule has 0 aliphatic carbocycles. The Hall–Kier alpha value is -1.58. The van der Waals surface area contributed by atoms with Crippen LogP contribution in [0.3, 0.4) is 0 Å². The summed E-state index contributed by atoms with van der Waals surface area (Å²) in [4.78, 5) is 11.1. The number of rotatable bonds is 7.